The minimum absolute atomic E-state index is 0.00208. The number of benzene rings is 1. The van der Waals surface area contributed by atoms with E-state index in [2.05, 4.69) is 10.1 Å². The van der Waals surface area contributed by atoms with Gasteiger partial charge in [-0.25, -0.2) is 4.39 Å². The van der Waals surface area contributed by atoms with Crippen molar-refractivity contribution >= 4 is 5.91 Å². The van der Waals surface area contributed by atoms with Crippen LogP contribution in [0.5, 0.6) is 0 Å². The first-order valence-corrected chi connectivity index (χ1v) is 9.11. The molecule has 1 saturated heterocycles. The van der Waals surface area contributed by atoms with Crippen LogP contribution in [0, 0.1) is 11.7 Å². The van der Waals surface area contributed by atoms with Crippen molar-refractivity contribution in [2.75, 3.05) is 6.54 Å². The molecule has 25 heavy (non-hydrogen) atoms. The highest BCUT2D eigenvalue weighted by molar-refractivity contribution is 5.83. The Hall–Kier alpha value is -2.24. The monoisotopic (exact) mass is 341 g/mol. The summed E-state index contributed by atoms with van der Waals surface area (Å²) in [6, 6.07) is 6.67. The van der Waals surface area contributed by atoms with E-state index < -0.39 is 0 Å². The van der Waals surface area contributed by atoms with Gasteiger partial charge in [-0.1, -0.05) is 23.4 Å². The predicted molar refractivity (Wildman–Crippen MR) is 87.2 cm³/mol. The van der Waals surface area contributed by atoms with Crippen LogP contribution in [0.15, 0.2) is 28.8 Å². The van der Waals surface area contributed by atoms with E-state index >= 15 is 0 Å². The molecular formula is C19H20FN3O2. The molecule has 1 aliphatic heterocycles. The molecule has 2 heterocycles. The van der Waals surface area contributed by atoms with Gasteiger partial charge in [0.05, 0.1) is 6.04 Å². The van der Waals surface area contributed by atoms with Crippen LogP contribution in [0.25, 0.3) is 0 Å². The highest BCUT2D eigenvalue weighted by Gasteiger charge is 2.49. The number of hydrogen-bond acceptors (Lipinski definition) is 4. The molecule has 0 N–H and O–H groups in total. The molecule has 2 saturated carbocycles. The molecule has 0 unspecified atom stereocenters. The second kappa shape index (κ2) is 5.64. The fourth-order valence-electron chi connectivity index (χ4n) is 3.98. The standard InChI is InChI=1S/C19H20FN3O2/c20-15-5-2-1-4-12(15)13-10-14(13)19(24)23-9-3-6-16(23)17-21-18(25-22-17)11-7-8-11/h1-2,4-5,11,13-14,16H,3,6-10H2/t13-,14+,16-/m0/s1. The van der Waals surface area contributed by atoms with Crippen LogP contribution in [0.3, 0.4) is 0 Å². The summed E-state index contributed by atoms with van der Waals surface area (Å²) in [4.78, 5) is 19.4. The molecule has 0 spiro atoms. The topological polar surface area (TPSA) is 59.2 Å². The molecule has 6 heteroatoms. The van der Waals surface area contributed by atoms with Crippen LogP contribution < -0.4 is 0 Å². The number of likely N-dealkylation sites (tertiary alicyclic amines) is 1. The lowest BCUT2D eigenvalue weighted by Gasteiger charge is -2.22. The lowest BCUT2D eigenvalue weighted by Crippen LogP contribution is -2.32. The van der Waals surface area contributed by atoms with Crippen LogP contribution in [0.2, 0.25) is 0 Å². The predicted octanol–water partition coefficient (Wildman–Crippen LogP) is 3.55. The Kier molecular flexibility index (Phi) is 3.40. The number of carbonyl (C=O) groups is 1. The highest BCUT2D eigenvalue weighted by Crippen LogP contribution is 2.50. The summed E-state index contributed by atoms with van der Waals surface area (Å²) in [7, 11) is 0. The van der Waals surface area contributed by atoms with Crippen molar-refractivity contribution in [3.63, 3.8) is 0 Å². The number of halogens is 1. The fourth-order valence-corrected chi connectivity index (χ4v) is 3.98. The molecule has 2 aliphatic carbocycles. The number of amides is 1. The molecule has 1 aromatic carbocycles. The van der Waals surface area contributed by atoms with Crippen LogP contribution in [0.1, 0.15) is 67.3 Å². The second-order valence-corrected chi connectivity index (χ2v) is 7.42. The van der Waals surface area contributed by atoms with E-state index in [0.717, 1.165) is 38.6 Å². The minimum Gasteiger partial charge on any atom is -0.339 e. The van der Waals surface area contributed by atoms with E-state index in [-0.39, 0.29) is 29.6 Å². The number of carbonyl (C=O) groups excluding carboxylic acids is 1. The van der Waals surface area contributed by atoms with Crippen molar-refractivity contribution < 1.29 is 13.7 Å². The van der Waals surface area contributed by atoms with Crippen molar-refractivity contribution in [1.82, 2.24) is 15.0 Å². The van der Waals surface area contributed by atoms with Gasteiger partial charge in [-0.3, -0.25) is 4.79 Å². The average molecular weight is 341 g/mol. The van der Waals surface area contributed by atoms with Gasteiger partial charge in [0.2, 0.25) is 11.8 Å². The molecule has 5 nitrogen and oxygen atoms in total. The van der Waals surface area contributed by atoms with Gasteiger partial charge >= 0.3 is 0 Å². The number of rotatable bonds is 4. The SMILES string of the molecule is O=C([C@@H]1C[C@H]1c1ccccc1F)N1CCC[C@H]1c1noc(C2CC2)n1. The van der Waals surface area contributed by atoms with Gasteiger partial charge in [0, 0.05) is 18.4 Å². The van der Waals surface area contributed by atoms with E-state index in [1.54, 1.807) is 12.1 Å². The molecule has 1 amide bonds. The molecule has 3 atom stereocenters. The Bertz CT molecular complexity index is 817. The largest absolute Gasteiger partial charge is 0.339 e. The molecule has 3 fully saturated rings. The van der Waals surface area contributed by atoms with E-state index in [1.807, 2.05) is 11.0 Å². The summed E-state index contributed by atoms with van der Waals surface area (Å²) >= 11 is 0. The second-order valence-electron chi connectivity index (χ2n) is 7.42. The molecule has 3 aliphatic rings. The quantitative estimate of drug-likeness (QED) is 0.853. The van der Waals surface area contributed by atoms with E-state index in [1.165, 1.54) is 6.07 Å². The molecule has 0 radical (unpaired) electrons. The normalized spacial score (nSPS) is 28.4. The maximum atomic E-state index is 14.0. The average Bonchev–Trinajstić information content (AvgIpc) is 3.52. The Morgan fingerprint density at radius 2 is 2.08 bits per heavy atom. The third-order valence-electron chi connectivity index (χ3n) is 5.63. The molecular weight excluding hydrogens is 321 g/mol. The Morgan fingerprint density at radius 1 is 1.24 bits per heavy atom. The number of hydrogen-bond donors (Lipinski definition) is 0. The van der Waals surface area contributed by atoms with Crippen LogP contribution >= 0.6 is 0 Å². The van der Waals surface area contributed by atoms with E-state index in [9.17, 15) is 9.18 Å². The van der Waals surface area contributed by atoms with Gasteiger partial charge in [-0.2, -0.15) is 4.98 Å². The van der Waals surface area contributed by atoms with Gasteiger partial charge in [-0.15, -0.1) is 0 Å². The summed E-state index contributed by atoms with van der Waals surface area (Å²) in [6.07, 6.45) is 4.76. The van der Waals surface area contributed by atoms with Gasteiger partial charge in [-0.05, 0) is 49.7 Å². The van der Waals surface area contributed by atoms with Crippen molar-refractivity contribution in [3.05, 3.63) is 47.4 Å². The summed E-state index contributed by atoms with van der Waals surface area (Å²) in [5.74, 6) is 1.54. The summed E-state index contributed by atoms with van der Waals surface area (Å²) in [5.41, 5.74) is 0.659. The zero-order chi connectivity index (χ0) is 17.0. The van der Waals surface area contributed by atoms with Gasteiger partial charge in [0.25, 0.3) is 0 Å². The number of nitrogens with zero attached hydrogens (tertiary/aromatic N) is 3. The highest BCUT2D eigenvalue weighted by atomic mass is 19.1. The maximum absolute atomic E-state index is 14.0. The minimum atomic E-state index is -0.215. The maximum Gasteiger partial charge on any atom is 0.229 e. The van der Waals surface area contributed by atoms with Crippen molar-refractivity contribution in [1.29, 1.82) is 0 Å². The van der Waals surface area contributed by atoms with Crippen LogP contribution in [-0.2, 0) is 4.79 Å². The fraction of sp³-hybridized carbons (Fsp3) is 0.526. The van der Waals surface area contributed by atoms with Crippen molar-refractivity contribution in [2.45, 2.75) is 50.0 Å². The lowest BCUT2D eigenvalue weighted by molar-refractivity contribution is -0.133. The van der Waals surface area contributed by atoms with Gasteiger partial charge in [0.1, 0.15) is 5.82 Å². The van der Waals surface area contributed by atoms with Crippen LogP contribution in [0.4, 0.5) is 4.39 Å². The van der Waals surface area contributed by atoms with Crippen LogP contribution in [-0.4, -0.2) is 27.5 Å². The van der Waals surface area contributed by atoms with Crippen molar-refractivity contribution in [2.24, 2.45) is 5.92 Å². The smallest absolute Gasteiger partial charge is 0.229 e. The van der Waals surface area contributed by atoms with Gasteiger partial charge < -0.3 is 9.42 Å². The molecule has 130 valence electrons. The first-order chi connectivity index (χ1) is 12.2. The van der Waals surface area contributed by atoms with E-state index in [0.29, 0.717) is 23.2 Å². The Morgan fingerprint density at radius 3 is 2.88 bits per heavy atom. The first-order valence-electron chi connectivity index (χ1n) is 9.11. The third-order valence-corrected chi connectivity index (χ3v) is 5.63. The third kappa shape index (κ3) is 2.64. The van der Waals surface area contributed by atoms with Gasteiger partial charge in [0.15, 0.2) is 5.82 Å². The molecule has 2 aromatic rings. The first kappa shape index (κ1) is 15.0. The zero-order valence-electron chi connectivity index (χ0n) is 13.9. The van der Waals surface area contributed by atoms with Crippen molar-refractivity contribution in [3.8, 4) is 0 Å². The van der Waals surface area contributed by atoms with E-state index in [4.69, 9.17) is 4.52 Å². The lowest BCUT2D eigenvalue weighted by atomic mass is 10.1. The summed E-state index contributed by atoms with van der Waals surface area (Å²) in [5, 5.41) is 4.12. The summed E-state index contributed by atoms with van der Waals surface area (Å²) in [6.45, 7) is 0.720. The summed E-state index contributed by atoms with van der Waals surface area (Å²) < 4.78 is 19.3. The Labute approximate surface area is 145 Å². The Balaban J connectivity index is 1.32. The molecule has 1 aromatic heterocycles. The number of aromatic nitrogens is 2. The zero-order valence-corrected chi connectivity index (χ0v) is 13.9. The molecule has 0 bridgehead atoms. The molecule has 5 rings (SSSR count).